The summed E-state index contributed by atoms with van der Waals surface area (Å²) in [6.45, 7) is 3.17. The van der Waals surface area contributed by atoms with E-state index in [1.807, 2.05) is 0 Å². The number of fused-ring (bicyclic) bond motifs is 2. The number of hydrogen-bond donors (Lipinski definition) is 1. The van der Waals surface area contributed by atoms with Gasteiger partial charge >= 0.3 is 0 Å². The zero-order valence-corrected chi connectivity index (χ0v) is 13.5. The van der Waals surface area contributed by atoms with E-state index < -0.39 is 0 Å². The first-order valence-corrected chi connectivity index (χ1v) is 7.94. The van der Waals surface area contributed by atoms with Crippen molar-refractivity contribution in [1.82, 2.24) is 9.80 Å². The van der Waals surface area contributed by atoms with Gasteiger partial charge in [-0.3, -0.25) is 0 Å². The van der Waals surface area contributed by atoms with Crippen LogP contribution in [0.2, 0.25) is 5.02 Å². The van der Waals surface area contributed by atoms with Gasteiger partial charge in [-0.1, -0.05) is 23.7 Å². The molecule has 0 amide bonds. The second-order valence-corrected chi connectivity index (χ2v) is 6.20. The van der Waals surface area contributed by atoms with Crippen molar-refractivity contribution in [2.45, 2.75) is 0 Å². The number of aliphatic imine (C=N–C) groups is 1. The predicted molar refractivity (Wildman–Crippen MR) is 96.4 cm³/mol. The van der Waals surface area contributed by atoms with E-state index in [4.69, 9.17) is 22.1 Å². The first kappa shape index (κ1) is 10.7. The van der Waals surface area contributed by atoms with E-state index in [1.165, 1.54) is 0 Å². The molecule has 1 N–H and O–H groups in total. The Hall–Kier alpha value is -2.04. The predicted octanol–water partition coefficient (Wildman–Crippen LogP) is 3.72. The Morgan fingerprint density at radius 1 is 1.13 bits per heavy atom. The largest absolute Gasteiger partial charge is 0.353 e. The fourth-order valence-corrected chi connectivity index (χ4v) is 3.00. The van der Waals surface area contributed by atoms with Crippen LogP contribution in [-0.2, 0) is 0 Å². The van der Waals surface area contributed by atoms with Crippen molar-refractivity contribution in [3.8, 4) is 0 Å². The summed E-state index contributed by atoms with van der Waals surface area (Å²) in [5.41, 5.74) is 2.02. The molecule has 0 radical (unpaired) electrons. The van der Waals surface area contributed by atoms with E-state index in [0.29, 0.717) is 33.5 Å². The molecule has 0 unspecified atom stereocenters. The molecule has 2 aromatic carbocycles. The van der Waals surface area contributed by atoms with E-state index in [0.717, 1.165) is 26.2 Å². The summed E-state index contributed by atoms with van der Waals surface area (Å²) < 4.78 is 33.0. The molecule has 4 nitrogen and oxygen atoms in total. The molecule has 2 aromatic rings. The molecule has 2 heterocycles. The smallest absolute Gasteiger partial charge is 0.138 e. The molecule has 118 valence electrons. The monoisotopic (exact) mass is 330 g/mol. The minimum atomic E-state index is -0.263. The Morgan fingerprint density at radius 3 is 2.74 bits per heavy atom. The maximum atomic E-state index is 8.47. The molecule has 1 fully saturated rings. The van der Waals surface area contributed by atoms with Crippen LogP contribution in [0.4, 0.5) is 17.1 Å². The molecule has 23 heavy (non-hydrogen) atoms. The summed E-state index contributed by atoms with van der Waals surface area (Å²) in [5, 5.41) is 3.71. The van der Waals surface area contributed by atoms with Crippen LogP contribution in [0.3, 0.4) is 0 Å². The third-order valence-electron chi connectivity index (χ3n) is 4.16. The molecular weight excluding hydrogens is 308 g/mol. The quantitative estimate of drug-likeness (QED) is 0.798. The SMILES string of the molecule is [2H]c1c([2H])c([2H])c2c(c1[2H])Nc1ccc(Cl)cc1N=C2N1CCN(C)CC1. The number of piperazine rings is 1. The maximum absolute atomic E-state index is 8.47. The van der Waals surface area contributed by atoms with Gasteiger partial charge in [-0.2, -0.15) is 0 Å². The van der Waals surface area contributed by atoms with Crippen LogP contribution >= 0.6 is 11.6 Å². The van der Waals surface area contributed by atoms with Gasteiger partial charge in [0.2, 0.25) is 0 Å². The molecule has 0 saturated carbocycles. The second-order valence-electron chi connectivity index (χ2n) is 5.76. The fourth-order valence-electron chi connectivity index (χ4n) is 2.83. The zero-order chi connectivity index (χ0) is 19.3. The fraction of sp³-hybridized carbons (Fsp3) is 0.278. The number of nitrogens with one attached hydrogen (secondary N) is 1. The van der Waals surface area contributed by atoms with Gasteiger partial charge in [-0.05, 0) is 37.3 Å². The topological polar surface area (TPSA) is 30.9 Å². The molecule has 0 aliphatic carbocycles. The minimum Gasteiger partial charge on any atom is -0.353 e. The Morgan fingerprint density at radius 2 is 1.91 bits per heavy atom. The van der Waals surface area contributed by atoms with Crippen molar-refractivity contribution in [3.05, 3.63) is 53.0 Å². The van der Waals surface area contributed by atoms with Gasteiger partial charge in [-0.25, -0.2) is 4.99 Å². The number of likely N-dealkylation sites (N-methyl/N-ethyl adjacent to an activating group) is 1. The molecule has 4 rings (SSSR count). The molecule has 0 bridgehead atoms. The van der Waals surface area contributed by atoms with Crippen molar-refractivity contribution < 1.29 is 5.48 Å². The second kappa shape index (κ2) is 5.87. The highest BCUT2D eigenvalue weighted by Crippen LogP contribution is 2.36. The summed E-state index contributed by atoms with van der Waals surface area (Å²) in [6, 6.07) is 4.54. The van der Waals surface area contributed by atoms with Gasteiger partial charge in [0.15, 0.2) is 0 Å². The highest BCUT2D eigenvalue weighted by atomic mass is 35.5. The first-order chi connectivity index (χ1) is 12.9. The molecule has 5 heteroatoms. The molecule has 0 atom stereocenters. The number of amidine groups is 1. The van der Waals surface area contributed by atoms with Crippen LogP contribution in [0, 0.1) is 0 Å². The Bertz CT molecular complexity index is 955. The lowest BCUT2D eigenvalue weighted by Crippen LogP contribution is -2.47. The van der Waals surface area contributed by atoms with Crippen LogP contribution < -0.4 is 5.32 Å². The van der Waals surface area contributed by atoms with Crippen molar-refractivity contribution in [2.75, 3.05) is 38.5 Å². The number of hydrogen-bond acceptors (Lipinski definition) is 4. The summed E-state index contributed by atoms with van der Waals surface area (Å²) >= 11 is 6.16. The van der Waals surface area contributed by atoms with Crippen LogP contribution in [0.5, 0.6) is 0 Å². The minimum absolute atomic E-state index is 0.0879. The molecule has 0 spiro atoms. The number of nitrogens with zero attached hydrogens (tertiary/aromatic N) is 3. The van der Waals surface area contributed by atoms with E-state index in [1.54, 1.807) is 18.2 Å². The lowest BCUT2D eigenvalue weighted by molar-refractivity contribution is 0.216. The standard InChI is InChI=1S/C18H19ClN4/c1-22-8-10-23(11-9-22)18-14-4-2-3-5-15(14)20-16-7-6-13(19)12-17(16)21-18/h2-7,12,20H,8-11H2,1H3/i2D,3D,4D,5D. The van der Waals surface area contributed by atoms with Crippen molar-refractivity contribution in [1.29, 1.82) is 0 Å². The average Bonchev–Trinajstić information content (AvgIpc) is 2.82. The van der Waals surface area contributed by atoms with E-state index >= 15 is 0 Å². The number of para-hydroxylation sites is 1. The van der Waals surface area contributed by atoms with Gasteiger partial charge in [0.05, 0.1) is 16.9 Å². The number of anilines is 2. The number of halogens is 1. The van der Waals surface area contributed by atoms with Gasteiger partial charge in [0, 0.05) is 42.5 Å². The lowest BCUT2D eigenvalue weighted by Gasteiger charge is -2.34. The van der Waals surface area contributed by atoms with Gasteiger partial charge < -0.3 is 15.1 Å². The summed E-state index contributed by atoms with van der Waals surface area (Å²) in [7, 11) is 2.06. The van der Waals surface area contributed by atoms with E-state index in [9.17, 15) is 0 Å². The van der Waals surface area contributed by atoms with Gasteiger partial charge in [0.25, 0.3) is 0 Å². The van der Waals surface area contributed by atoms with Crippen molar-refractivity contribution in [3.63, 3.8) is 0 Å². The van der Waals surface area contributed by atoms with Crippen molar-refractivity contribution >= 4 is 34.5 Å². The maximum Gasteiger partial charge on any atom is 0.138 e. The highest BCUT2D eigenvalue weighted by molar-refractivity contribution is 6.31. The van der Waals surface area contributed by atoms with Gasteiger partial charge in [0.1, 0.15) is 5.84 Å². The molecular formula is C18H19ClN4. The number of benzene rings is 2. The average molecular weight is 331 g/mol. The van der Waals surface area contributed by atoms with Crippen molar-refractivity contribution in [2.24, 2.45) is 4.99 Å². The molecule has 2 aliphatic rings. The summed E-state index contributed by atoms with van der Waals surface area (Å²) in [6.07, 6.45) is 0. The normalized spacial score (nSPS) is 20.1. The van der Waals surface area contributed by atoms with Gasteiger partial charge in [-0.15, -0.1) is 0 Å². The molecule has 0 aromatic heterocycles. The van der Waals surface area contributed by atoms with E-state index in [-0.39, 0.29) is 24.2 Å². The summed E-state index contributed by atoms with van der Waals surface area (Å²) in [5.74, 6) is 0.554. The Balaban J connectivity index is 1.97. The van der Waals surface area contributed by atoms with E-state index in [2.05, 4.69) is 22.2 Å². The molecule has 2 aliphatic heterocycles. The molecule has 1 saturated heterocycles. The van der Waals surface area contributed by atoms with Crippen LogP contribution in [0.1, 0.15) is 11.0 Å². The third-order valence-corrected chi connectivity index (χ3v) is 4.39. The highest BCUT2D eigenvalue weighted by Gasteiger charge is 2.23. The third kappa shape index (κ3) is 2.80. The van der Waals surface area contributed by atoms with Crippen LogP contribution in [-0.4, -0.2) is 48.9 Å². The first-order valence-electron chi connectivity index (χ1n) is 9.56. The lowest BCUT2D eigenvalue weighted by atomic mass is 10.1. The van der Waals surface area contributed by atoms with Crippen LogP contribution in [0.15, 0.2) is 47.4 Å². The Kier molecular flexibility index (Phi) is 2.73. The Labute approximate surface area is 147 Å². The zero-order valence-electron chi connectivity index (χ0n) is 16.8. The van der Waals surface area contributed by atoms with Crippen LogP contribution in [0.25, 0.3) is 0 Å². The summed E-state index contributed by atoms with van der Waals surface area (Å²) in [4.78, 5) is 9.09. The number of rotatable bonds is 0.